The van der Waals surface area contributed by atoms with Crippen molar-refractivity contribution >= 4 is 0 Å². The average Bonchev–Trinajstić information content (AvgIpc) is 3.05. The van der Waals surface area contributed by atoms with Gasteiger partial charge in [-0.3, -0.25) is 0 Å². The number of aliphatic hydroxyl groups is 1. The van der Waals surface area contributed by atoms with Gasteiger partial charge in [-0.1, -0.05) is 30.3 Å². The van der Waals surface area contributed by atoms with Crippen LogP contribution in [0.4, 0.5) is 0 Å². The van der Waals surface area contributed by atoms with Crippen molar-refractivity contribution in [3.8, 4) is 0 Å². The lowest BCUT2D eigenvalue weighted by atomic mass is 10.0. The first-order valence-electron chi connectivity index (χ1n) is 6.64. The number of benzene rings is 1. The highest BCUT2D eigenvalue weighted by atomic mass is 16.5. The lowest BCUT2D eigenvalue weighted by molar-refractivity contribution is -0.0381. The molecule has 3 rings (SSSR count). The summed E-state index contributed by atoms with van der Waals surface area (Å²) in [7, 11) is 0. The first kappa shape index (κ1) is 11.2. The van der Waals surface area contributed by atoms with E-state index in [1.54, 1.807) is 0 Å². The maximum atomic E-state index is 10.3. The molecule has 1 aromatic rings. The Morgan fingerprint density at radius 2 is 2.00 bits per heavy atom. The average molecular weight is 232 g/mol. The summed E-state index contributed by atoms with van der Waals surface area (Å²) in [5, 5.41) is 10.3. The molecule has 92 valence electrons. The van der Waals surface area contributed by atoms with Crippen LogP contribution in [-0.4, -0.2) is 23.4 Å². The third-order valence-corrected chi connectivity index (χ3v) is 4.15. The van der Waals surface area contributed by atoms with Crippen LogP contribution in [0.5, 0.6) is 0 Å². The molecule has 2 aliphatic rings. The van der Waals surface area contributed by atoms with Crippen molar-refractivity contribution in [2.45, 2.75) is 50.4 Å². The molecule has 2 heteroatoms. The van der Waals surface area contributed by atoms with Crippen LogP contribution in [0.25, 0.3) is 0 Å². The van der Waals surface area contributed by atoms with E-state index < -0.39 is 0 Å². The fourth-order valence-electron chi connectivity index (χ4n) is 3.04. The third-order valence-electron chi connectivity index (χ3n) is 4.15. The molecule has 0 bridgehead atoms. The minimum atomic E-state index is -0.273. The molecule has 1 saturated heterocycles. The quantitative estimate of drug-likeness (QED) is 0.868. The maximum absolute atomic E-state index is 10.3. The number of rotatable bonds is 3. The Morgan fingerprint density at radius 3 is 2.65 bits per heavy atom. The van der Waals surface area contributed by atoms with E-state index in [0.29, 0.717) is 17.9 Å². The van der Waals surface area contributed by atoms with E-state index in [-0.39, 0.29) is 12.2 Å². The van der Waals surface area contributed by atoms with E-state index in [9.17, 15) is 5.11 Å². The predicted molar refractivity (Wildman–Crippen MR) is 66.9 cm³/mol. The Kier molecular flexibility index (Phi) is 2.93. The Morgan fingerprint density at radius 1 is 1.24 bits per heavy atom. The van der Waals surface area contributed by atoms with Crippen molar-refractivity contribution in [2.75, 3.05) is 0 Å². The zero-order chi connectivity index (χ0) is 11.8. The minimum absolute atomic E-state index is 0.0729. The van der Waals surface area contributed by atoms with Gasteiger partial charge in [-0.2, -0.15) is 0 Å². The summed E-state index contributed by atoms with van der Waals surface area (Å²) in [4.78, 5) is 0. The molecule has 1 N–H and O–H groups in total. The second-order valence-corrected chi connectivity index (χ2v) is 5.47. The van der Waals surface area contributed by atoms with Crippen molar-refractivity contribution in [2.24, 2.45) is 5.92 Å². The summed E-state index contributed by atoms with van der Waals surface area (Å²) in [6.45, 7) is 2.09. The highest BCUT2D eigenvalue weighted by Gasteiger charge is 2.47. The van der Waals surface area contributed by atoms with Crippen LogP contribution in [0.2, 0.25) is 0 Å². The summed E-state index contributed by atoms with van der Waals surface area (Å²) < 4.78 is 5.76. The molecule has 0 radical (unpaired) electrons. The molecule has 1 aliphatic heterocycles. The van der Waals surface area contributed by atoms with Gasteiger partial charge in [0.05, 0.1) is 18.3 Å². The van der Waals surface area contributed by atoms with Gasteiger partial charge in [0, 0.05) is 0 Å². The van der Waals surface area contributed by atoms with Gasteiger partial charge in [-0.25, -0.2) is 0 Å². The normalized spacial score (nSPS) is 38.0. The topological polar surface area (TPSA) is 29.5 Å². The Bertz CT molecular complexity index is 376. The van der Waals surface area contributed by atoms with Gasteiger partial charge in [-0.15, -0.1) is 0 Å². The molecule has 2 fully saturated rings. The zero-order valence-corrected chi connectivity index (χ0v) is 10.3. The summed E-state index contributed by atoms with van der Waals surface area (Å²) in [5.41, 5.74) is 1.36. The van der Waals surface area contributed by atoms with E-state index in [0.717, 1.165) is 19.3 Å². The molecule has 0 aromatic heterocycles. The van der Waals surface area contributed by atoms with Crippen molar-refractivity contribution in [3.05, 3.63) is 35.9 Å². The highest BCUT2D eigenvalue weighted by Crippen LogP contribution is 2.51. The van der Waals surface area contributed by atoms with Gasteiger partial charge in [-0.05, 0) is 43.6 Å². The van der Waals surface area contributed by atoms with E-state index in [1.807, 2.05) is 6.07 Å². The van der Waals surface area contributed by atoms with Gasteiger partial charge in [0.25, 0.3) is 0 Å². The standard InChI is InChI=1S/C15H20O2/c1-10-7-8-14(17-10)15(16)13-9-12(13)11-5-3-2-4-6-11/h2-6,10,12-16H,7-9H2,1H3. The molecule has 1 saturated carbocycles. The highest BCUT2D eigenvalue weighted by molar-refractivity contribution is 5.26. The van der Waals surface area contributed by atoms with Gasteiger partial charge in [0.15, 0.2) is 0 Å². The van der Waals surface area contributed by atoms with Gasteiger partial charge >= 0.3 is 0 Å². The molecule has 0 spiro atoms. The molecule has 0 amide bonds. The predicted octanol–water partition coefficient (Wildman–Crippen LogP) is 2.72. The molecule has 1 heterocycles. The zero-order valence-electron chi connectivity index (χ0n) is 10.3. The van der Waals surface area contributed by atoms with Gasteiger partial charge in [0.1, 0.15) is 0 Å². The fraction of sp³-hybridized carbons (Fsp3) is 0.600. The number of ether oxygens (including phenoxy) is 1. The first-order valence-corrected chi connectivity index (χ1v) is 6.64. The van der Waals surface area contributed by atoms with E-state index in [4.69, 9.17) is 4.74 Å². The van der Waals surface area contributed by atoms with Crippen molar-refractivity contribution in [1.29, 1.82) is 0 Å². The van der Waals surface area contributed by atoms with Crippen LogP contribution >= 0.6 is 0 Å². The minimum Gasteiger partial charge on any atom is -0.390 e. The van der Waals surface area contributed by atoms with Gasteiger partial charge < -0.3 is 9.84 Å². The molecule has 5 atom stereocenters. The second kappa shape index (κ2) is 4.43. The summed E-state index contributed by atoms with van der Waals surface area (Å²) in [6, 6.07) is 10.5. The third kappa shape index (κ3) is 2.24. The molecular formula is C15H20O2. The van der Waals surface area contributed by atoms with E-state index in [2.05, 4.69) is 31.2 Å². The van der Waals surface area contributed by atoms with Crippen LogP contribution in [0, 0.1) is 5.92 Å². The van der Waals surface area contributed by atoms with Crippen LogP contribution in [0.3, 0.4) is 0 Å². The largest absolute Gasteiger partial charge is 0.390 e. The Labute approximate surface area is 103 Å². The lowest BCUT2D eigenvalue weighted by Gasteiger charge is -2.18. The SMILES string of the molecule is CC1CCC(C(O)C2CC2c2ccccc2)O1. The van der Waals surface area contributed by atoms with E-state index in [1.165, 1.54) is 5.56 Å². The summed E-state index contributed by atoms with van der Waals surface area (Å²) >= 11 is 0. The Balaban J connectivity index is 1.61. The summed E-state index contributed by atoms with van der Waals surface area (Å²) in [6.07, 6.45) is 3.34. The van der Waals surface area contributed by atoms with E-state index >= 15 is 0 Å². The molecular weight excluding hydrogens is 212 g/mol. The van der Waals surface area contributed by atoms with Crippen LogP contribution in [-0.2, 0) is 4.74 Å². The molecule has 1 aromatic carbocycles. The van der Waals surface area contributed by atoms with Crippen molar-refractivity contribution < 1.29 is 9.84 Å². The van der Waals surface area contributed by atoms with Crippen LogP contribution < -0.4 is 0 Å². The van der Waals surface area contributed by atoms with Crippen LogP contribution in [0.1, 0.15) is 37.7 Å². The number of hydrogen-bond donors (Lipinski definition) is 1. The Hall–Kier alpha value is -0.860. The maximum Gasteiger partial charge on any atom is 0.0841 e. The lowest BCUT2D eigenvalue weighted by Crippen LogP contribution is -2.28. The molecule has 1 aliphatic carbocycles. The molecule has 5 unspecified atom stereocenters. The first-order chi connectivity index (χ1) is 8.25. The number of aliphatic hydroxyl groups excluding tert-OH is 1. The smallest absolute Gasteiger partial charge is 0.0841 e. The fourth-order valence-corrected chi connectivity index (χ4v) is 3.04. The summed E-state index contributed by atoms with van der Waals surface area (Å²) in [5.74, 6) is 0.957. The number of hydrogen-bond acceptors (Lipinski definition) is 2. The second-order valence-electron chi connectivity index (χ2n) is 5.47. The monoisotopic (exact) mass is 232 g/mol. The van der Waals surface area contributed by atoms with Crippen LogP contribution in [0.15, 0.2) is 30.3 Å². The van der Waals surface area contributed by atoms with Crippen molar-refractivity contribution in [3.63, 3.8) is 0 Å². The molecule has 2 nitrogen and oxygen atoms in total. The van der Waals surface area contributed by atoms with Gasteiger partial charge in [0.2, 0.25) is 0 Å². The van der Waals surface area contributed by atoms with Crippen molar-refractivity contribution in [1.82, 2.24) is 0 Å². The molecule has 17 heavy (non-hydrogen) atoms.